The fraction of sp³-hybridized carbons (Fsp3) is 0.533. The van der Waals surface area contributed by atoms with E-state index in [9.17, 15) is 4.79 Å². The van der Waals surface area contributed by atoms with Crippen molar-refractivity contribution in [1.29, 1.82) is 0 Å². The van der Waals surface area contributed by atoms with Crippen molar-refractivity contribution in [3.8, 4) is 5.75 Å². The molecule has 1 aromatic carbocycles. The summed E-state index contributed by atoms with van der Waals surface area (Å²) in [6.45, 7) is 0. The third-order valence-electron chi connectivity index (χ3n) is 4.25. The molecule has 0 aliphatic heterocycles. The van der Waals surface area contributed by atoms with Crippen LogP contribution in [0.5, 0.6) is 5.75 Å². The molecule has 102 valence electrons. The molecule has 3 rings (SSSR count). The Labute approximate surface area is 117 Å². The molecule has 1 aromatic rings. The smallest absolute Gasteiger partial charge is 0.304 e. The van der Waals surface area contributed by atoms with E-state index in [-0.39, 0.29) is 11.8 Å². The van der Waals surface area contributed by atoms with Crippen molar-refractivity contribution in [3.05, 3.63) is 28.3 Å². The third kappa shape index (κ3) is 2.32. The van der Waals surface area contributed by atoms with Crippen LogP contribution in [0.4, 0.5) is 0 Å². The van der Waals surface area contributed by atoms with Gasteiger partial charge in [-0.15, -0.1) is 0 Å². The Morgan fingerprint density at radius 1 is 1.47 bits per heavy atom. The lowest BCUT2D eigenvalue weighted by Crippen LogP contribution is -2.13. The predicted octanol–water partition coefficient (Wildman–Crippen LogP) is 3.73. The second-order valence-corrected chi connectivity index (χ2v) is 6.11. The van der Waals surface area contributed by atoms with Crippen LogP contribution in [0.3, 0.4) is 0 Å². The molecule has 0 bridgehead atoms. The number of hydrogen-bond donors (Lipinski definition) is 1. The maximum absolute atomic E-state index is 11.0. The standard InChI is InChI=1S/C15H17ClO3/c1-19-12-7-10(15(4-5-15)8-13(17)18)6-11(16)14(12)9-2-3-9/h6-7,9H,2-5,8H2,1H3,(H,17,18). The van der Waals surface area contributed by atoms with Gasteiger partial charge >= 0.3 is 5.97 Å². The zero-order chi connectivity index (χ0) is 13.6. The van der Waals surface area contributed by atoms with Crippen LogP contribution in [0, 0.1) is 0 Å². The minimum Gasteiger partial charge on any atom is -0.496 e. The molecule has 4 heteroatoms. The largest absolute Gasteiger partial charge is 0.496 e. The molecule has 2 fully saturated rings. The molecular formula is C15H17ClO3. The highest BCUT2D eigenvalue weighted by atomic mass is 35.5. The minimum absolute atomic E-state index is 0.176. The maximum Gasteiger partial charge on any atom is 0.304 e. The molecule has 0 spiro atoms. The predicted molar refractivity (Wildman–Crippen MR) is 73.1 cm³/mol. The van der Waals surface area contributed by atoms with E-state index in [2.05, 4.69) is 0 Å². The van der Waals surface area contributed by atoms with Gasteiger partial charge in [0.25, 0.3) is 0 Å². The first kappa shape index (κ1) is 12.8. The molecule has 0 aromatic heterocycles. The number of methoxy groups -OCH3 is 1. The molecule has 2 aliphatic rings. The molecule has 0 radical (unpaired) electrons. The molecule has 0 amide bonds. The summed E-state index contributed by atoms with van der Waals surface area (Å²) < 4.78 is 5.46. The number of rotatable bonds is 5. The summed E-state index contributed by atoms with van der Waals surface area (Å²) in [6.07, 6.45) is 4.34. The fourth-order valence-electron chi connectivity index (χ4n) is 2.84. The number of benzene rings is 1. The molecule has 1 N–H and O–H groups in total. The van der Waals surface area contributed by atoms with Crippen LogP contribution in [0.1, 0.15) is 49.1 Å². The van der Waals surface area contributed by atoms with Crippen molar-refractivity contribution in [2.24, 2.45) is 0 Å². The van der Waals surface area contributed by atoms with Gasteiger partial charge in [0.15, 0.2) is 0 Å². The van der Waals surface area contributed by atoms with E-state index in [4.69, 9.17) is 21.4 Å². The fourth-order valence-corrected chi connectivity index (χ4v) is 3.21. The van der Waals surface area contributed by atoms with Gasteiger partial charge in [-0.2, -0.15) is 0 Å². The summed E-state index contributed by atoms with van der Waals surface area (Å²) in [5.41, 5.74) is 1.89. The van der Waals surface area contributed by atoms with Crippen molar-refractivity contribution in [3.63, 3.8) is 0 Å². The third-order valence-corrected chi connectivity index (χ3v) is 4.57. The Hall–Kier alpha value is -1.22. The van der Waals surface area contributed by atoms with Crippen LogP contribution in [0.2, 0.25) is 5.02 Å². The molecule has 2 saturated carbocycles. The molecular weight excluding hydrogens is 264 g/mol. The average molecular weight is 281 g/mol. The summed E-state index contributed by atoms with van der Waals surface area (Å²) in [4.78, 5) is 11.0. The molecule has 19 heavy (non-hydrogen) atoms. The number of carboxylic acids is 1. The molecule has 0 heterocycles. The van der Waals surface area contributed by atoms with Crippen molar-refractivity contribution in [1.82, 2.24) is 0 Å². The highest BCUT2D eigenvalue weighted by Gasteiger charge is 2.46. The normalized spacial score (nSPS) is 20.1. The molecule has 0 unspecified atom stereocenters. The Balaban J connectivity index is 1.99. The number of hydrogen-bond acceptors (Lipinski definition) is 2. The Bertz CT molecular complexity index is 530. The van der Waals surface area contributed by atoms with E-state index in [1.807, 2.05) is 12.1 Å². The first-order chi connectivity index (χ1) is 9.05. The summed E-state index contributed by atoms with van der Waals surface area (Å²) in [5, 5.41) is 9.76. The van der Waals surface area contributed by atoms with E-state index in [0.29, 0.717) is 5.92 Å². The van der Waals surface area contributed by atoms with Gasteiger partial charge in [-0.1, -0.05) is 11.6 Å². The SMILES string of the molecule is COc1cc(C2(CC(=O)O)CC2)cc(Cl)c1C1CC1. The number of halogens is 1. The van der Waals surface area contributed by atoms with E-state index >= 15 is 0 Å². The lowest BCUT2D eigenvalue weighted by molar-refractivity contribution is -0.137. The van der Waals surface area contributed by atoms with Gasteiger partial charge in [-0.3, -0.25) is 4.79 Å². The van der Waals surface area contributed by atoms with Gasteiger partial charge in [-0.05, 0) is 49.3 Å². The van der Waals surface area contributed by atoms with Gasteiger partial charge < -0.3 is 9.84 Å². The second-order valence-electron chi connectivity index (χ2n) is 5.70. The van der Waals surface area contributed by atoms with Gasteiger partial charge in [0, 0.05) is 16.0 Å². The first-order valence-corrected chi connectivity index (χ1v) is 7.03. The highest BCUT2D eigenvalue weighted by molar-refractivity contribution is 6.31. The van der Waals surface area contributed by atoms with E-state index in [1.54, 1.807) is 7.11 Å². The first-order valence-electron chi connectivity index (χ1n) is 6.65. The van der Waals surface area contributed by atoms with Gasteiger partial charge in [0.2, 0.25) is 0 Å². The van der Waals surface area contributed by atoms with Crippen LogP contribution in [0.25, 0.3) is 0 Å². The van der Waals surface area contributed by atoms with Crippen molar-refractivity contribution in [2.75, 3.05) is 7.11 Å². The lowest BCUT2D eigenvalue weighted by atomic mass is 9.90. The topological polar surface area (TPSA) is 46.5 Å². The molecule has 2 aliphatic carbocycles. The number of aliphatic carboxylic acids is 1. The second kappa shape index (κ2) is 4.41. The van der Waals surface area contributed by atoms with Crippen LogP contribution >= 0.6 is 11.6 Å². The zero-order valence-electron chi connectivity index (χ0n) is 10.9. The molecule has 0 saturated heterocycles. The monoisotopic (exact) mass is 280 g/mol. The zero-order valence-corrected chi connectivity index (χ0v) is 11.7. The average Bonchev–Trinajstić information content (AvgIpc) is 3.21. The maximum atomic E-state index is 11.0. The van der Waals surface area contributed by atoms with Crippen molar-refractivity contribution < 1.29 is 14.6 Å². The number of ether oxygens (including phenoxy) is 1. The van der Waals surface area contributed by atoms with E-state index in [0.717, 1.165) is 47.6 Å². The van der Waals surface area contributed by atoms with Crippen LogP contribution in [0.15, 0.2) is 12.1 Å². The highest BCUT2D eigenvalue weighted by Crippen LogP contribution is 2.55. The van der Waals surface area contributed by atoms with Crippen LogP contribution < -0.4 is 4.74 Å². The Morgan fingerprint density at radius 2 is 2.16 bits per heavy atom. The quantitative estimate of drug-likeness (QED) is 0.894. The van der Waals surface area contributed by atoms with Gasteiger partial charge in [0.05, 0.1) is 13.5 Å². The molecule has 3 nitrogen and oxygen atoms in total. The van der Waals surface area contributed by atoms with Crippen molar-refractivity contribution in [2.45, 2.75) is 43.4 Å². The van der Waals surface area contributed by atoms with Crippen molar-refractivity contribution >= 4 is 17.6 Å². The van der Waals surface area contributed by atoms with Gasteiger partial charge in [0.1, 0.15) is 5.75 Å². The van der Waals surface area contributed by atoms with Gasteiger partial charge in [-0.25, -0.2) is 0 Å². The Morgan fingerprint density at radius 3 is 2.63 bits per heavy atom. The van der Waals surface area contributed by atoms with E-state index in [1.165, 1.54) is 0 Å². The summed E-state index contributed by atoms with van der Waals surface area (Å²) in [5.74, 6) is 0.589. The van der Waals surface area contributed by atoms with Crippen LogP contribution in [-0.2, 0) is 10.2 Å². The summed E-state index contributed by atoms with van der Waals surface area (Å²) in [6, 6.07) is 3.95. The molecule has 0 atom stereocenters. The lowest BCUT2D eigenvalue weighted by Gasteiger charge is -2.18. The summed E-state index contributed by atoms with van der Waals surface area (Å²) in [7, 11) is 1.65. The Kier molecular flexibility index (Phi) is 2.97. The number of carboxylic acid groups (broad SMARTS) is 1. The van der Waals surface area contributed by atoms with Crippen LogP contribution in [-0.4, -0.2) is 18.2 Å². The summed E-state index contributed by atoms with van der Waals surface area (Å²) >= 11 is 6.39. The minimum atomic E-state index is -0.751. The number of carbonyl (C=O) groups is 1. The van der Waals surface area contributed by atoms with E-state index < -0.39 is 5.97 Å².